The Balaban J connectivity index is 1.66. The van der Waals surface area contributed by atoms with Crippen LogP contribution < -0.4 is 0 Å². The number of hydrogen-bond acceptors (Lipinski definition) is 2. The summed E-state index contributed by atoms with van der Waals surface area (Å²) in [6.07, 6.45) is 9.01. The maximum atomic E-state index is 12.9. The molecule has 0 bridgehead atoms. The lowest BCUT2D eigenvalue weighted by Crippen LogP contribution is -2.50. The van der Waals surface area contributed by atoms with Gasteiger partial charge >= 0.3 is 12.0 Å². The van der Waals surface area contributed by atoms with Crippen LogP contribution in [0.3, 0.4) is 0 Å². The van der Waals surface area contributed by atoms with E-state index in [0.29, 0.717) is 11.8 Å². The van der Waals surface area contributed by atoms with Gasteiger partial charge in [0.2, 0.25) is 0 Å². The fourth-order valence-corrected chi connectivity index (χ4v) is 3.35. The summed E-state index contributed by atoms with van der Waals surface area (Å²) in [5, 5.41) is 9.15. The van der Waals surface area contributed by atoms with E-state index in [2.05, 4.69) is 0 Å². The topological polar surface area (TPSA) is 60.9 Å². The maximum Gasteiger partial charge on any atom is 0.323 e. The van der Waals surface area contributed by atoms with Gasteiger partial charge in [0, 0.05) is 19.1 Å². The molecule has 0 aromatic heterocycles. The van der Waals surface area contributed by atoms with Gasteiger partial charge in [-0.15, -0.1) is 0 Å². The number of hydrogen-bond donors (Lipinski definition) is 1. The third-order valence-electron chi connectivity index (χ3n) is 4.94. The van der Waals surface area contributed by atoms with Gasteiger partial charge in [0.1, 0.15) is 6.54 Å². The predicted octanol–water partition coefficient (Wildman–Crippen LogP) is 2.56. The molecule has 3 fully saturated rings. The largest absolute Gasteiger partial charge is 0.480 e. The highest BCUT2D eigenvalue weighted by atomic mass is 16.4. The molecule has 0 heterocycles. The summed E-state index contributed by atoms with van der Waals surface area (Å²) in [5.41, 5.74) is 0. The molecule has 0 atom stereocenters. The summed E-state index contributed by atoms with van der Waals surface area (Å²) in [4.78, 5) is 27.6. The van der Waals surface area contributed by atoms with Crippen molar-refractivity contribution in [3.05, 3.63) is 0 Å². The van der Waals surface area contributed by atoms with Crippen LogP contribution in [0.4, 0.5) is 4.79 Å². The molecule has 21 heavy (non-hydrogen) atoms. The Hall–Kier alpha value is -1.26. The van der Waals surface area contributed by atoms with Crippen LogP contribution in [0, 0.1) is 11.8 Å². The van der Waals surface area contributed by atoms with Crippen molar-refractivity contribution in [2.75, 3.05) is 19.6 Å². The third-order valence-corrected chi connectivity index (χ3v) is 4.94. The first kappa shape index (κ1) is 14.7. The van der Waals surface area contributed by atoms with E-state index in [4.69, 9.17) is 5.11 Å². The Morgan fingerprint density at radius 3 is 1.86 bits per heavy atom. The Labute approximate surface area is 126 Å². The number of carbonyl (C=O) groups excluding carboxylic acids is 1. The zero-order valence-electron chi connectivity index (χ0n) is 12.7. The van der Waals surface area contributed by atoms with Crippen LogP contribution in [-0.4, -0.2) is 52.6 Å². The molecule has 3 aliphatic rings. The summed E-state index contributed by atoms with van der Waals surface area (Å²) >= 11 is 0. The Bertz CT molecular complexity index is 384. The average Bonchev–Trinajstić information content (AvgIpc) is 3.37. The van der Waals surface area contributed by atoms with Gasteiger partial charge in [0.15, 0.2) is 0 Å². The van der Waals surface area contributed by atoms with E-state index < -0.39 is 5.97 Å². The van der Waals surface area contributed by atoms with Crippen LogP contribution in [0.1, 0.15) is 51.4 Å². The van der Waals surface area contributed by atoms with Gasteiger partial charge in [-0.1, -0.05) is 12.8 Å². The first-order valence-corrected chi connectivity index (χ1v) is 8.41. The second kappa shape index (κ2) is 6.24. The van der Waals surface area contributed by atoms with Gasteiger partial charge in [-0.2, -0.15) is 0 Å². The Morgan fingerprint density at radius 2 is 1.43 bits per heavy atom. The average molecular weight is 294 g/mol. The van der Waals surface area contributed by atoms with Crippen molar-refractivity contribution in [2.24, 2.45) is 11.8 Å². The molecular weight excluding hydrogens is 268 g/mol. The van der Waals surface area contributed by atoms with E-state index in [1.165, 1.54) is 25.7 Å². The van der Waals surface area contributed by atoms with Crippen LogP contribution in [0.15, 0.2) is 0 Å². The zero-order valence-corrected chi connectivity index (χ0v) is 12.7. The molecule has 0 saturated heterocycles. The molecule has 0 aliphatic heterocycles. The first-order valence-electron chi connectivity index (χ1n) is 8.41. The van der Waals surface area contributed by atoms with Crippen molar-refractivity contribution in [1.29, 1.82) is 0 Å². The number of carboxylic acids is 1. The summed E-state index contributed by atoms with van der Waals surface area (Å²) in [7, 11) is 0. The van der Waals surface area contributed by atoms with E-state index in [0.717, 1.165) is 38.8 Å². The molecule has 3 aliphatic carbocycles. The van der Waals surface area contributed by atoms with Crippen molar-refractivity contribution < 1.29 is 14.7 Å². The second-order valence-electron chi connectivity index (χ2n) is 7.03. The van der Waals surface area contributed by atoms with E-state index in [9.17, 15) is 9.59 Å². The van der Waals surface area contributed by atoms with E-state index in [1.807, 2.05) is 4.90 Å². The van der Waals surface area contributed by atoms with Crippen molar-refractivity contribution in [1.82, 2.24) is 9.80 Å². The molecule has 0 spiro atoms. The first-order chi connectivity index (χ1) is 10.1. The minimum absolute atomic E-state index is 0.0249. The van der Waals surface area contributed by atoms with Gasteiger partial charge in [-0.05, 0) is 50.4 Å². The van der Waals surface area contributed by atoms with Gasteiger partial charge in [-0.25, -0.2) is 4.79 Å². The predicted molar refractivity (Wildman–Crippen MR) is 79.0 cm³/mol. The Morgan fingerprint density at radius 1 is 0.905 bits per heavy atom. The monoisotopic (exact) mass is 294 g/mol. The van der Waals surface area contributed by atoms with Crippen molar-refractivity contribution in [2.45, 2.75) is 57.4 Å². The molecule has 0 unspecified atom stereocenters. The Kier molecular flexibility index (Phi) is 4.36. The highest BCUT2D eigenvalue weighted by molar-refractivity contribution is 5.80. The maximum absolute atomic E-state index is 12.9. The highest BCUT2D eigenvalue weighted by Gasteiger charge is 2.36. The van der Waals surface area contributed by atoms with Gasteiger partial charge in [-0.3, -0.25) is 4.79 Å². The SMILES string of the molecule is O=C(O)CN(C(=O)N(CC1CC1)CC1CC1)C1CCCC1. The molecule has 0 aromatic rings. The molecule has 0 aromatic carbocycles. The molecule has 0 radical (unpaired) electrons. The van der Waals surface area contributed by atoms with E-state index >= 15 is 0 Å². The van der Waals surface area contributed by atoms with Gasteiger partial charge in [0.05, 0.1) is 0 Å². The van der Waals surface area contributed by atoms with Crippen LogP contribution in [0.5, 0.6) is 0 Å². The highest BCUT2D eigenvalue weighted by Crippen LogP contribution is 2.34. The molecule has 2 amide bonds. The summed E-state index contributed by atoms with van der Waals surface area (Å²) in [5.74, 6) is 0.416. The number of carboxylic acid groups (broad SMARTS) is 1. The molecule has 5 nitrogen and oxygen atoms in total. The molecular formula is C16H26N2O3. The molecule has 118 valence electrons. The smallest absolute Gasteiger partial charge is 0.323 e. The van der Waals surface area contributed by atoms with Gasteiger partial charge < -0.3 is 14.9 Å². The zero-order chi connectivity index (χ0) is 14.8. The molecule has 1 N–H and O–H groups in total. The molecule has 3 rings (SSSR count). The lowest BCUT2D eigenvalue weighted by atomic mass is 10.2. The number of nitrogens with zero attached hydrogens (tertiary/aromatic N) is 2. The number of carbonyl (C=O) groups is 2. The molecule has 3 saturated carbocycles. The van der Waals surface area contributed by atoms with Crippen molar-refractivity contribution in [3.8, 4) is 0 Å². The van der Waals surface area contributed by atoms with Crippen LogP contribution >= 0.6 is 0 Å². The molecule has 5 heteroatoms. The van der Waals surface area contributed by atoms with Crippen molar-refractivity contribution in [3.63, 3.8) is 0 Å². The van der Waals surface area contributed by atoms with Gasteiger partial charge in [0.25, 0.3) is 0 Å². The van der Waals surface area contributed by atoms with Crippen molar-refractivity contribution >= 4 is 12.0 Å². The lowest BCUT2D eigenvalue weighted by molar-refractivity contribution is -0.138. The fourth-order valence-electron chi connectivity index (χ4n) is 3.35. The normalized spacial score (nSPS) is 22.3. The third kappa shape index (κ3) is 4.11. The van der Waals surface area contributed by atoms with Crippen LogP contribution in [-0.2, 0) is 4.79 Å². The number of urea groups is 1. The minimum Gasteiger partial charge on any atom is -0.480 e. The van der Waals surface area contributed by atoms with Crippen LogP contribution in [0.2, 0.25) is 0 Å². The van der Waals surface area contributed by atoms with E-state index in [-0.39, 0.29) is 18.6 Å². The summed E-state index contributed by atoms with van der Waals surface area (Å²) in [6.45, 7) is 1.52. The minimum atomic E-state index is -0.895. The van der Waals surface area contributed by atoms with Crippen LogP contribution in [0.25, 0.3) is 0 Å². The number of aliphatic carboxylic acids is 1. The summed E-state index contributed by atoms with van der Waals surface area (Å²) in [6, 6.07) is 0.109. The quantitative estimate of drug-likeness (QED) is 0.785. The lowest BCUT2D eigenvalue weighted by Gasteiger charge is -2.34. The standard InChI is InChI=1S/C16H26N2O3/c19-15(20)11-18(14-3-1-2-4-14)16(21)17(9-12-5-6-12)10-13-7-8-13/h12-14H,1-11H2,(H,19,20). The number of rotatable bonds is 7. The second-order valence-corrected chi connectivity index (χ2v) is 7.03. The van der Waals surface area contributed by atoms with E-state index in [1.54, 1.807) is 4.90 Å². The number of amides is 2. The summed E-state index contributed by atoms with van der Waals surface area (Å²) < 4.78 is 0. The fraction of sp³-hybridized carbons (Fsp3) is 0.875.